The lowest BCUT2D eigenvalue weighted by Crippen LogP contribution is -2.19. The van der Waals surface area contributed by atoms with Crippen molar-refractivity contribution in [1.29, 1.82) is 0 Å². The second-order valence-corrected chi connectivity index (χ2v) is 5.10. The van der Waals surface area contributed by atoms with Crippen LogP contribution in [0.3, 0.4) is 0 Å². The third-order valence-corrected chi connectivity index (χ3v) is 3.45. The van der Waals surface area contributed by atoms with Crippen molar-refractivity contribution in [3.05, 3.63) is 54.1 Å². The molecule has 126 valence electrons. The van der Waals surface area contributed by atoms with E-state index in [1.54, 1.807) is 13.3 Å². The van der Waals surface area contributed by atoms with Gasteiger partial charge in [-0.3, -0.25) is 5.43 Å². The first kappa shape index (κ1) is 16.3. The predicted molar refractivity (Wildman–Crippen MR) is 91.8 cm³/mol. The Kier molecular flexibility index (Phi) is 5.65. The lowest BCUT2D eigenvalue weighted by Gasteiger charge is -2.15. The molecule has 2 aromatic rings. The van der Waals surface area contributed by atoms with Gasteiger partial charge in [0.05, 0.1) is 32.2 Å². The van der Waals surface area contributed by atoms with Gasteiger partial charge < -0.3 is 18.9 Å². The Morgan fingerprint density at radius 3 is 2.67 bits per heavy atom. The minimum Gasteiger partial charge on any atom is -0.493 e. The molecule has 1 fully saturated rings. The summed E-state index contributed by atoms with van der Waals surface area (Å²) in [6.45, 7) is 1.48. The Morgan fingerprint density at radius 2 is 1.92 bits per heavy atom. The van der Waals surface area contributed by atoms with Crippen molar-refractivity contribution in [2.24, 2.45) is 5.10 Å². The molecule has 0 bridgehead atoms. The van der Waals surface area contributed by atoms with Gasteiger partial charge in [-0.2, -0.15) is 5.10 Å². The van der Waals surface area contributed by atoms with Gasteiger partial charge in [0.1, 0.15) is 6.61 Å². The molecule has 1 saturated heterocycles. The number of anilines is 1. The highest BCUT2D eigenvalue weighted by Gasteiger charge is 2.18. The summed E-state index contributed by atoms with van der Waals surface area (Å²) in [7, 11) is 1.61. The highest BCUT2D eigenvalue weighted by atomic mass is 16.7. The fraction of sp³-hybridized carbons (Fsp3) is 0.278. The van der Waals surface area contributed by atoms with Gasteiger partial charge in [0.25, 0.3) is 0 Å². The normalized spacial score (nSPS) is 14.9. The summed E-state index contributed by atoms with van der Waals surface area (Å²) in [5, 5.41) is 4.25. The van der Waals surface area contributed by atoms with Gasteiger partial charge in [0.2, 0.25) is 0 Å². The van der Waals surface area contributed by atoms with Crippen LogP contribution in [-0.2, 0) is 9.47 Å². The fourth-order valence-corrected chi connectivity index (χ4v) is 2.29. The van der Waals surface area contributed by atoms with E-state index in [4.69, 9.17) is 18.9 Å². The van der Waals surface area contributed by atoms with Crippen LogP contribution < -0.4 is 14.9 Å². The molecule has 0 spiro atoms. The third-order valence-electron chi connectivity index (χ3n) is 3.45. The van der Waals surface area contributed by atoms with Crippen molar-refractivity contribution in [3.63, 3.8) is 0 Å². The molecule has 0 amide bonds. The van der Waals surface area contributed by atoms with Gasteiger partial charge in [-0.1, -0.05) is 24.3 Å². The second-order valence-electron chi connectivity index (χ2n) is 5.10. The molecule has 0 saturated carbocycles. The number of rotatable bonds is 7. The van der Waals surface area contributed by atoms with Crippen LogP contribution in [0.5, 0.6) is 11.5 Å². The van der Waals surface area contributed by atoms with Crippen molar-refractivity contribution in [3.8, 4) is 11.5 Å². The van der Waals surface area contributed by atoms with Gasteiger partial charge in [-0.15, -0.1) is 0 Å². The predicted octanol–water partition coefficient (Wildman–Crippen LogP) is 2.89. The zero-order valence-corrected chi connectivity index (χ0v) is 13.5. The molecule has 24 heavy (non-hydrogen) atoms. The Hall–Kier alpha value is -2.57. The molecule has 1 N–H and O–H groups in total. The van der Waals surface area contributed by atoms with E-state index in [0.717, 1.165) is 11.3 Å². The SMILES string of the molecule is COc1cccc(C=NNc2ccccc2)c1OCC1OCCO1. The lowest BCUT2D eigenvalue weighted by atomic mass is 10.2. The van der Waals surface area contributed by atoms with E-state index in [1.807, 2.05) is 48.5 Å². The maximum Gasteiger partial charge on any atom is 0.191 e. The van der Waals surface area contributed by atoms with Gasteiger partial charge in [-0.05, 0) is 24.3 Å². The molecule has 1 aliphatic rings. The number of para-hydroxylation sites is 2. The van der Waals surface area contributed by atoms with Crippen LogP contribution >= 0.6 is 0 Å². The first-order valence-corrected chi connectivity index (χ1v) is 7.74. The fourth-order valence-electron chi connectivity index (χ4n) is 2.29. The maximum absolute atomic E-state index is 5.85. The average molecular weight is 328 g/mol. The van der Waals surface area contributed by atoms with E-state index in [2.05, 4.69) is 10.5 Å². The van der Waals surface area contributed by atoms with Crippen LogP contribution in [0.1, 0.15) is 5.56 Å². The molecule has 0 atom stereocenters. The van der Waals surface area contributed by atoms with Crippen molar-refractivity contribution in [1.82, 2.24) is 0 Å². The maximum atomic E-state index is 5.85. The Bertz CT molecular complexity index is 670. The van der Waals surface area contributed by atoms with Crippen LogP contribution in [0.25, 0.3) is 0 Å². The van der Waals surface area contributed by atoms with Crippen molar-refractivity contribution >= 4 is 11.9 Å². The molecule has 0 radical (unpaired) electrons. The number of nitrogens with zero attached hydrogens (tertiary/aromatic N) is 1. The van der Waals surface area contributed by atoms with E-state index in [9.17, 15) is 0 Å². The zero-order chi connectivity index (χ0) is 16.6. The van der Waals surface area contributed by atoms with Crippen LogP contribution in [0.4, 0.5) is 5.69 Å². The van der Waals surface area contributed by atoms with Crippen LogP contribution in [0.15, 0.2) is 53.6 Å². The quantitative estimate of drug-likeness (QED) is 0.625. The first-order chi connectivity index (χ1) is 11.9. The molecule has 6 heteroatoms. The number of methoxy groups -OCH3 is 1. The van der Waals surface area contributed by atoms with Gasteiger partial charge in [-0.25, -0.2) is 0 Å². The number of hydrogen-bond acceptors (Lipinski definition) is 6. The van der Waals surface area contributed by atoms with Gasteiger partial charge in [0.15, 0.2) is 17.8 Å². The van der Waals surface area contributed by atoms with Crippen molar-refractivity contribution < 1.29 is 18.9 Å². The molecule has 0 unspecified atom stereocenters. The number of nitrogens with one attached hydrogen (secondary N) is 1. The highest BCUT2D eigenvalue weighted by Crippen LogP contribution is 2.30. The standard InChI is InChI=1S/C18H20N2O4/c1-21-16-9-5-6-14(12-19-20-15-7-3-2-4-8-15)18(16)24-13-17-22-10-11-23-17/h2-9,12,17,20H,10-11,13H2,1H3. The summed E-state index contributed by atoms with van der Waals surface area (Å²) in [6, 6.07) is 15.4. The molecule has 1 aliphatic heterocycles. The summed E-state index contributed by atoms with van der Waals surface area (Å²) < 4.78 is 22.0. The Morgan fingerprint density at radius 1 is 1.12 bits per heavy atom. The summed E-state index contributed by atoms with van der Waals surface area (Å²) >= 11 is 0. The van der Waals surface area contributed by atoms with E-state index >= 15 is 0 Å². The number of benzene rings is 2. The van der Waals surface area contributed by atoms with Gasteiger partial charge in [0, 0.05) is 5.56 Å². The zero-order valence-electron chi connectivity index (χ0n) is 13.5. The third kappa shape index (κ3) is 4.24. The lowest BCUT2D eigenvalue weighted by molar-refractivity contribution is -0.0687. The number of hydrazone groups is 1. The number of ether oxygens (including phenoxy) is 4. The summed E-state index contributed by atoms with van der Waals surface area (Å²) in [4.78, 5) is 0. The smallest absolute Gasteiger partial charge is 0.191 e. The molecule has 2 aromatic carbocycles. The monoisotopic (exact) mass is 328 g/mol. The molecule has 6 nitrogen and oxygen atoms in total. The van der Waals surface area contributed by atoms with E-state index in [0.29, 0.717) is 31.3 Å². The summed E-state index contributed by atoms with van der Waals surface area (Å²) in [5.74, 6) is 1.24. The molecule has 0 aliphatic carbocycles. The van der Waals surface area contributed by atoms with Crippen LogP contribution in [-0.4, -0.2) is 39.4 Å². The van der Waals surface area contributed by atoms with Crippen LogP contribution in [0, 0.1) is 0 Å². The van der Waals surface area contributed by atoms with Gasteiger partial charge >= 0.3 is 0 Å². The topological polar surface area (TPSA) is 61.3 Å². The summed E-state index contributed by atoms with van der Waals surface area (Å²) in [5.41, 5.74) is 4.69. The van der Waals surface area contributed by atoms with Crippen LogP contribution in [0.2, 0.25) is 0 Å². The minimum absolute atomic E-state index is 0.299. The largest absolute Gasteiger partial charge is 0.493 e. The average Bonchev–Trinajstić information content (AvgIpc) is 3.15. The highest BCUT2D eigenvalue weighted by molar-refractivity contribution is 5.85. The first-order valence-electron chi connectivity index (χ1n) is 7.74. The van der Waals surface area contributed by atoms with Crippen molar-refractivity contribution in [2.45, 2.75) is 6.29 Å². The molecule has 1 heterocycles. The minimum atomic E-state index is -0.345. The Labute approximate surface area is 141 Å². The molecular formula is C18H20N2O4. The van der Waals surface area contributed by atoms with E-state index < -0.39 is 0 Å². The second kappa shape index (κ2) is 8.33. The number of hydrogen-bond donors (Lipinski definition) is 1. The molecular weight excluding hydrogens is 308 g/mol. The molecule has 0 aromatic heterocycles. The van der Waals surface area contributed by atoms with Crippen molar-refractivity contribution in [2.75, 3.05) is 32.4 Å². The Balaban J connectivity index is 1.71. The summed E-state index contributed by atoms with van der Waals surface area (Å²) in [6.07, 6.45) is 1.35. The van der Waals surface area contributed by atoms with E-state index in [1.165, 1.54) is 0 Å². The molecule has 3 rings (SSSR count). The van der Waals surface area contributed by atoms with E-state index in [-0.39, 0.29) is 6.29 Å².